The highest BCUT2D eigenvalue weighted by atomic mass is 35.5. The zero-order chi connectivity index (χ0) is 16.4. The van der Waals surface area contributed by atoms with Crippen molar-refractivity contribution in [3.8, 4) is 11.3 Å². The Kier molecular flexibility index (Phi) is 4.32. The lowest BCUT2D eigenvalue weighted by Gasteiger charge is -2.05. The molecule has 0 spiro atoms. The molecule has 0 fully saturated rings. The van der Waals surface area contributed by atoms with Crippen molar-refractivity contribution in [1.82, 2.24) is 10.2 Å². The van der Waals surface area contributed by atoms with Gasteiger partial charge in [-0.3, -0.25) is 9.89 Å². The van der Waals surface area contributed by atoms with Gasteiger partial charge in [-0.25, -0.2) is 4.39 Å². The van der Waals surface area contributed by atoms with Gasteiger partial charge in [0.05, 0.1) is 16.4 Å². The average Bonchev–Trinajstić information content (AvgIpc) is 3.02. The van der Waals surface area contributed by atoms with E-state index < -0.39 is 11.7 Å². The zero-order valence-corrected chi connectivity index (χ0v) is 13.1. The lowest BCUT2D eigenvalue weighted by molar-refractivity contribution is 0.102. The number of aromatic amines is 1. The van der Waals surface area contributed by atoms with E-state index in [9.17, 15) is 9.18 Å². The van der Waals surface area contributed by atoms with Crippen molar-refractivity contribution in [1.29, 1.82) is 0 Å². The molecular formula is C16H10Cl2FN3O. The van der Waals surface area contributed by atoms with E-state index >= 15 is 0 Å². The van der Waals surface area contributed by atoms with Gasteiger partial charge in [0.2, 0.25) is 0 Å². The summed E-state index contributed by atoms with van der Waals surface area (Å²) < 4.78 is 13.2. The van der Waals surface area contributed by atoms with E-state index in [-0.39, 0.29) is 16.4 Å². The van der Waals surface area contributed by atoms with Gasteiger partial charge in [0.1, 0.15) is 11.5 Å². The van der Waals surface area contributed by atoms with E-state index in [0.717, 1.165) is 11.6 Å². The van der Waals surface area contributed by atoms with Crippen LogP contribution >= 0.6 is 23.2 Å². The number of anilines is 1. The van der Waals surface area contributed by atoms with E-state index in [0.29, 0.717) is 10.7 Å². The van der Waals surface area contributed by atoms with E-state index in [1.54, 1.807) is 30.3 Å². The summed E-state index contributed by atoms with van der Waals surface area (Å²) in [5.41, 5.74) is 1.83. The van der Waals surface area contributed by atoms with Gasteiger partial charge >= 0.3 is 0 Å². The number of benzene rings is 2. The second kappa shape index (κ2) is 6.40. The molecule has 1 amide bonds. The van der Waals surface area contributed by atoms with Gasteiger partial charge in [-0.1, -0.05) is 35.3 Å². The first-order valence-corrected chi connectivity index (χ1v) is 7.36. The molecule has 0 aliphatic carbocycles. The first-order chi connectivity index (χ1) is 11.0. The molecule has 0 bridgehead atoms. The zero-order valence-electron chi connectivity index (χ0n) is 11.6. The van der Waals surface area contributed by atoms with Crippen LogP contribution < -0.4 is 5.32 Å². The molecule has 0 saturated carbocycles. The number of carbonyl (C=O) groups excluding carboxylic acids is 1. The van der Waals surface area contributed by atoms with Gasteiger partial charge in [0, 0.05) is 10.6 Å². The largest absolute Gasteiger partial charge is 0.319 e. The number of nitrogens with one attached hydrogen (secondary N) is 2. The highest BCUT2D eigenvalue weighted by molar-refractivity contribution is 6.33. The van der Waals surface area contributed by atoms with Gasteiger partial charge in [-0.05, 0) is 36.4 Å². The summed E-state index contributed by atoms with van der Waals surface area (Å²) in [6.07, 6.45) is 0. The number of amides is 1. The Bertz CT molecular complexity index is 862. The van der Waals surface area contributed by atoms with Gasteiger partial charge in [-0.15, -0.1) is 0 Å². The Labute approximate surface area is 141 Å². The fraction of sp³-hybridized carbons (Fsp3) is 0. The molecule has 1 heterocycles. The summed E-state index contributed by atoms with van der Waals surface area (Å²) in [6.45, 7) is 0. The molecule has 0 aliphatic heterocycles. The van der Waals surface area contributed by atoms with Crippen molar-refractivity contribution in [2.24, 2.45) is 0 Å². The van der Waals surface area contributed by atoms with Crippen LogP contribution in [0.2, 0.25) is 10.0 Å². The topological polar surface area (TPSA) is 57.8 Å². The Morgan fingerprint density at radius 3 is 2.57 bits per heavy atom. The first kappa shape index (κ1) is 15.5. The maximum absolute atomic E-state index is 13.2. The van der Waals surface area contributed by atoms with Crippen molar-refractivity contribution in [2.45, 2.75) is 0 Å². The minimum atomic E-state index is -0.490. The summed E-state index contributed by atoms with van der Waals surface area (Å²) in [7, 11) is 0. The van der Waals surface area contributed by atoms with Crippen molar-refractivity contribution >= 4 is 34.8 Å². The monoisotopic (exact) mass is 349 g/mol. The van der Waals surface area contributed by atoms with Crippen LogP contribution in [0.3, 0.4) is 0 Å². The highest BCUT2D eigenvalue weighted by Crippen LogP contribution is 2.24. The van der Waals surface area contributed by atoms with Crippen molar-refractivity contribution < 1.29 is 9.18 Å². The van der Waals surface area contributed by atoms with Gasteiger partial charge < -0.3 is 5.32 Å². The molecule has 0 atom stereocenters. The van der Waals surface area contributed by atoms with Crippen LogP contribution in [0.1, 0.15) is 10.5 Å². The molecule has 0 radical (unpaired) electrons. The van der Waals surface area contributed by atoms with Gasteiger partial charge in [0.15, 0.2) is 0 Å². The number of hydrogen-bond acceptors (Lipinski definition) is 2. The molecule has 1 aromatic heterocycles. The number of H-pyrrole nitrogens is 1. The summed E-state index contributed by atoms with van der Waals surface area (Å²) in [6, 6.07) is 12.4. The van der Waals surface area contributed by atoms with Crippen LogP contribution in [-0.2, 0) is 0 Å². The van der Waals surface area contributed by atoms with Crippen LogP contribution in [0.4, 0.5) is 10.1 Å². The summed E-state index contributed by atoms with van der Waals surface area (Å²) in [4.78, 5) is 12.2. The number of rotatable bonds is 3. The third-order valence-corrected chi connectivity index (χ3v) is 3.72. The molecule has 23 heavy (non-hydrogen) atoms. The average molecular weight is 350 g/mol. The Balaban J connectivity index is 1.81. The fourth-order valence-electron chi connectivity index (χ4n) is 1.99. The molecule has 3 aromatic rings. The minimum Gasteiger partial charge on any atom is -0.319 e. The second-order valence-corrected chi connectivity index (χ2v) is 5.60. The summed E-state index contributed by atoms with van der Waals surface area (Å²) >= 11 is 11.8. The summed E-state index contributed by atoms with van der Waals surface area (Å²) in [5.74, 6) is -0.957. The van der Waals surface area contributed by atoms with Crippen LogP contribution in [0.15, 0.2) is 48.5 Å². The smallest absolute Gasteiger partial charge is 0.273 e. The molecule has 0 saturated heterocycles. The number of nitrogens with zero attached hydrogens (tertiary/aromatic N) is 1. The molecule has 7 heteroatoms. The van der Waals surface area contributed by atoms with Gasteiger partial charge in [0.25, 0.3) is 5.91 Å². The maximum Gasteiger partial charge on any atom is 0.273 e. The minimum absolute atomic E-state index is 0.194. The SMILES string of the molecule is O=C(Nc1cc(F)ccc1Cl)c1cc(-c2ccc(Cl)cc2)n[nH]1. The van der Waals surface area contributed by atoms with Crippen LogP contribution in [-0.4, -0.2) is 16.1 Å². The van der Waals surface area contributed by atoms with Crippen LogP contribution in [0.5, 0.6) is 0 Å². The third kappa shape index (κ3) is 3.52. The lowest BCUT2D eigenvalue weighted by atomic mass is 10.1. The number of carbonyl (C=O) groups is 1. The van der Waals surface area contributed by atoms with Crippen LogP contribution in [0.25, 0.3) is 11.3 Å². The molecule has 2 N–H and O–H groups in total. The fourth-order valence-corrected chi connectivity index (χ4v) is 2.28. The molecule has 0 aliphatic rings. The first-order valence-electron chi connectivity index (χ1n) is 6.61. The Hall–Kier alpha value is -2.37. The summed E-state index contributed by atoms with van der Waals surface area (Å²) in [5, 5.41) is 10.1. The predicted molar refractivity (Wildman–Crippen MR) is 88.4 cm³/mol. The van der Waals surface area contributed by atoms with Crippen molar-refractivity contribution in [2.75, 3.05) is 5.32 Å². The van der Waals surface area contributed by atoms with Crippen molar-refractivity contribution in [3.63, 3.8) is 0 Å². The third-order valence-electron chi connectivity index (χ3n) is 3.14. The maximum atomic E-state index is 13.2. The Morgan fingerprint density at radius 2 is 1.83 bits per heavy atom. The van der Waals surface area contributed by atoms with Crippen molar-refractivity contribution in [3.05, 3.63) is 70.1 Å². The normalized spacial score (nSPS) is 10.6. The molecular weight excluding hydrogens is 340 g/mol. The predicted octanol–water partition coefficient (Wildman–Crippen LogP) is 4.77. The van der Waals surface area contributed by atoms with E-state index in [1.807, 2.05) is 0 Å². The highest BCUT2D eigenvalue weighted by Gasteiger charge is 2.13. The van der Waals surface area contributed by atoms with E-state index in [4.69, 9.17) is 23.2 Å². The van der Waals surface area contributed by atoms with Crippen LogP contribution in [0, 0.1) is 5.82 Å². The van der Waals surface area contributed by atoms with E-state index in [1.165, 1.54) is 12.1 Å². The number of hydrogen-bond donors (Lipinski definition) is 2. The number of halogens is 3. The molecule has 0 unspecified atom stereocenters. The molecule has 4 nitrogen and oxygen atoms in total. The van der Waals surface area contributed by atoms with Gasteiger partial charge in [-0.2, -0.15) is 5.10 Å². The second-order valence-electron chi connectivity index (χ2n) is 4.75. The molecule has 3 rings (SSSR count). The standard InChI is InChI=1S/C16H10Cl2FN3O/c17-10-3-1-9(2-4-10)13-8-15(22-21-13)16(23)20-14-7-11(19)5-6-12(14)18/h1-8H,(H,20,23)(H,21,22). The Morgan fingerprint density at radius 1 is 1.09 bits per heavy atom. The molecule has 2 aromatic carbocycles. The quantitative estimate of drug-likeness (QED) is 0.715. The van der Waals surface area contributed by atoms with E-state index in [2.05, 4.69) is 15.5 Å². The molecule has 116 valence electrons. The number of aromatic nitrogens is 2. The lowest BCUT2D eigenvalue weighted by Crippen LogP contribution is -2.12.